The Labute approximate surface area is 109 Å². The molecule has 1 aliphatic heterocycles. The minimum atomic E-state index is -0.348. The fourth-order valence-electron chi connectivity index (χ4n) is 2.75. The van der Waals surface area contributed by atoms with Gasteiger partial charge in [0.05, 0.1) is 17.8 Å². The van der Waals surface area contributed by atoms with Gasteiger partial charge in [-0.05, 0) is 24.8 Å². The Bertz CT molecular complexity index is 619. The van der Waals surface area contributed by atoms with Crippen molar-refractivity contribution in [1.29, 1.82) is 0 Å². The van der Waals surface area contributed by atoms with Crippen LogP contribution in [0.15, 0.2) is 18.5 Å². The summed E-state index contributed by atoms with van der Waals surface area (Å²) in [5, 5.41) is 12.0. The lowest BCUT2D eigenvalue weighted by Gasteiger charge is -2.25. The largest absolute Gasteiger partial charge is 0.308 e. The summed E-state index contributed by atoms with van der Waals surface area (Å²) in [6.45, 7) is 1.66. The van der Waals surface area contributed by atoms with Gasteiger partial charge >= 0.3 is 0 Å². The lowest BCUT2D eigenvalue weighted by molar-refractivity contribution is 0.382. The van der Waals surface area contributed by atoms with Crippen molar-refractivity contribution in [3.8, 4) is 11.4 Å². The second-order valence-electron chi connectivity index (χ2n) is 5.16. The number of fused-ring (bicyclic) bond motifs is 1. The molecule has 2 aromatic heterocycles. The topological polar surface area (TPSA) is 55.6 Å². The molecule has 1 aliphatic carbocycles. The highest BCUT2D eigenvalue weighted by molar-refractivity contribution is 5.55. The molecule has 1 unspecified atom stereocenters. The normalized spacial score (nSPS) is 22.3. The molecule has 4 rings (SSSR count). The molecule has 1 N–H and O–H groups in total. The highest BCUT2D eigenvalue weighted by Crippen LogP contribution is 2.42. The average Bonchev–Trinajstić information content (AvgIpc) is 3.19. The van der Waals surface area contributed by atoms with E-state index >= 15 is 0 Å². The molecule has 0 saturated heterocycles. The number of nitrogens with zero attached hydrogens (tertiary/aromatic N) is 4. The van der Waals surface area contributed by atoms with E-state index in [-0.39, 0.29) is 11.9 Å². The minimum Gasteiger partial charge on any atom is -0.308 e. The molecule has 0 spiro atoms. The maximum Gasteiger partial charge on any atom is 0.167 e. The van der Waals surface area contributed by atoms with Gasteiger partial charge in [-0.3, -0.25) is 4.98 Å². The van der Waals surface area contributed by atoms with Gasteiger partial charge < -0.3 is 9.88 Å². The van der Waals surface area contributed by atoms with Crippen molar-refractivity contribution in [2.24, 2.45) is 5.92 Å². The van der Waals surface area contributed by atoms with Crippen molar-refractivity contribution in [3.05, 3.63) is 30.1 Å². The average molecular weight is 259 g/mol. The van der Waals surface area contributed by atoms with Crippen LogP contribution in [0.25, 0.3) is 11.4 Å². The summed E-state index contributed by atoms with van der Waals surface area (Å²) < 4.78 is 15.9. The van der Waals surface area contributed by atoms with Gasteiger partial charge in [0.2, 0.25) is 0 Å². The summed E-state index contributed by atoms with van der Waals surface area (Å²) in [7, 11) is 0. The molecule has 0 bridgehead atoms. The van der Waals surface area contributed by atoms with Crippen LogP contribution in [0.4, 0.5) is 4.39 Å². The van der Waals surface area contributed by atoms with E-state index in [9.17, 15) is 4.39 Å². The molecule has 2 aromatic rings. The third-order valence-corrected chi connectivity index (χ3v) is 3.86. The monoisotopic (exact) mass is 259 g/mol. The molecule has 0 amide bonds. The molecule has 1 saturated carbocycles. The highest BCUT2D eigenvalue weighted by Gasteiger charge is 2.37. The smallest absolute Gasteiger partial charge is 0.167 e. The zero-order chi connectivity index (χ0) is 12.8. The zero-order valence-corrected chi connectivity index (χ0v) is 10.4. The first-order chi connectivity index (χ1) is 9.34. The van der Waals surface area contributed by atoms with E-state index in [1.807, 2.05) is 4.57 Å². The highest BCUT2D eigenvalue weighted by atomic mass is 19.1. The van der Waals surface area contributed by atoms with Gasteiger partial charge in [-0.15, -0.1) is 10.2 Å². The first kappa shape index (κ1) is 11.0. The van der Waals surface area contributed by atoms with Gasteiger partial charge in [0, 0.05) is 19.3 Å². The van der Waals surface area contributed by atoms with Crippen LogP contribution in [0.2, 0.25) is 0 Å². The van der Waals surface area contributed by atoms with Crippen LogP contribution in [0.3, 0.4) is 0 Å². The number of aromatic nitrogens is 4. The van der Waals surface area contributed by atoms with Crippen molar-refractivity contribution in [3.63, 3.8) is 0 Å². The van der Waals surface area contributed by atoms with Crippen LogP contribution in [-0.4, -0.2) is 26.3 Å². The fraction of sp³-hybridized carbons (Fsp3) is 0.462. The number of pyridine rings is 1. The van der Waals surface area contributed by atoms with Crippen LogP contribution in [0.5, 0.6) is 0 Å². The van der Waals surface area contributed by atoms with E-state index in [4.69, 9.17) is 0 Å². The van der Waals surface area contributed by atoms with Gasteiger partial charge in [0.15, 0.2) is 17.5 Å². The second-order valence-corrected chi connectivity index (χ2v) is 5.16. The van der Waals surface area contributed by atoms with Crippen LogP contribution in [0, 0.1) is 11.7 Å². The molecule has 1 atom stereocenters. The molecular formula is C13H14FN5. The van der Waals surface area contributed by atoms with E-state index in [0.717, 1.165) is 18.9 Å². The van der Waals surface area contributed by atoms with Gasteiger partial charge in [-0.2, -0.15) is 0 Å². The SMILES string of the molecule is Fc1cnccc1-c1nnc2n1CCNC2C1CC1. The Hall–Kier alpha value is -1.82. The Morgan fingerprint density at radius 2 is 2.21 bits per heavy atom. The molecule has 2 aliphatic rings. The van der Waals surface area contributed by atoms with E-state index < -0.39 is 0 Å². The van der Waals surface area contributed by atoms with E-state index in [1.165, 1.54) is 19.0 Å². The molecule has 1 fully saturated rings. The van der Waals surface area contributed by atoms with Crippen molar-refractivity contribution < 1.29 is 4.39 Å². The summed E-state index contributed by atoms with van der Waals surface area (Å²) in [6.07, 6.45) is 5.28. The molecule has 98 valence electrons. The quantitative estimate of drug-likeness (QED) is 0.888. The Kier molecular flexibility index (Phi) is 2.38. The summed E-state index contributed by atoms with van der Waals surface area (Å²) in [6, 6.07) is 1.93. The molecular weight excluding hydrogens is 245 g/mol. The van der Waals surface area contributed by atoms with Crippen molar-refractivity contribution >= 4 is 0 Å². The molecule has 5 nitrogen and oxygen atoms in total. The standard InChI is InChI=1S/C13H14FN5/c14-10-7-15-4-3-9(10)12-17-18-13-11(8-1-2-8)16-5-6-19(12)13/h3-4,7-8,11,16H,1-2,5-6H2. The molecule has 0 aromatic carbocycles. The molecule has 6 heteroatoms. The predicted molar refractivity (Wildman–Crippen MR) is 66.7 cm³/mol. The van der Waals surface area contributed by atoms with Crippen LogP contribution >= 0.6 is 0 Å². The van der Waals surface area contributed by atoms with Crippen LogP contribution in [-0.2, 0) is 6.54 Å². The number of nitrogens with one attached hydrogen (secondary N) is 1. The van der Waals surface area contributed by atoms with Crippen molar-refractivity contribution in [2.75, 3.05) is 6.54 Å². The van der Waals surface area contributed by atoms with Crippen molar-refractivity contribution in [1.82, 2.24) is 25.1 Å². The van der Waals surface area contributed by atoms with E-state index in [2.05, 4.69) is 20.5 Å². The van der Waals surface area contributed by atoms with Gasteiger partial charge in [0.25, 0.3) is 0 Å². The zero-order valence-electron chi connectivity index (χ0n) is 10.4. The lowest BCUT2D eigenvalue weighted by atomic mass is 10.1. The second kappa shape index (κ2) is 4.09. The van der Waals surface area contributed by atoms with Crippen LogP contribution in [0.1, 0.15) is 24.7 Å². The number of rotatable bonds is 2. The van der Waals surface area contributed by atoms with Gasteiger partial charge in [-0.25, -0.2) is 4.39 Å². The van der Waals surface area contributed by atoms with Gasteiger partial charge in [-0.1, -0.05) is 0 Å². The number of hydrogen-bond acceptors (Lipinski definition) is 4. The van der Waals surface area contributed by atoms with Crippen molar-refractivity contribution in [2.45, 2.75) is 25.4 Å². The van der Waals surface area contributed by atoms with Crippen LogP contribution < -0.4 is 5.32 Å². The predicted octanol–water partition coefficient (Wildman–Crippen LogP) is 1.53. The van der Waals surface area contributed by atoms with Gasteiger partial charge in [0.1, 0.15) is 0 Å². The molecule has 3 heterocycles. The summed E-state index contributed by atoms with van der Waals surface area (Å²) in [4.78, 5) is 3.78. The molecule has 0 radical (unpaired) electrons. The first-order valence-corrected chi connectivity index (χ1v) is 6.61. The maximum absolute atomic E-state index is 13.8. The summed E-state index contributed by atoms with van der Waals surface area (Å²) in [5.41, 5.74) is 0.477. The van der Waals surface area contributed by atoms with E-state index in [1.54, 1.807) is 12.3 Å². The number of halogens is 1. The fourth-order valence-corrected chi connectivity index (χ4v) is 2.75. The third-order valence-electron chi connectivity index (χ3n) is 3.86. The minimum absolute atomic E-state index is 0.278. The third kappa shape index (κ3) is 1.74. The Morgan fingerprint density at radius 1 is 1.32 bits per heavy atom. The number of hydrogen-bond donors (Lipinski definition) is 1. The lowest BCUT2D eigenvalue weighted by Crippen LogP contribution is -2.35. The molecule has 19 heavy (non-hydrogen) atoms. The first-order valence-electron chi connectivity index (χ1n) is 6.61. The summed E-state index contributed by atoms with van der Waals surface area (Å²) >= 11 is 0. The van der Waals surface area contributed by atoms with E-state index in [0.29, 0.717) is 17.3 Å². The maximum atomic E-state index is 13.8. The Balaban J connectivity index is 1.81. The Morgan fingerprint density at radius 3 is 3.00 bits per heavy atom. The summed E-state index contributed by atoms with van der Waals surface area (Å²) in [5.74, 6) is 1.87.